The lowest BCUT2D eigenvalue weighted by atomic mass is 9.82. The van der Waals surface area contributed by atoms with Gasteiger partial charge in [0.05, 0.1) is 5.92 Å². The normalized spacial score (nSPS) is 25.9. The van der Waals surface area contributed by atoms with Crippen molar-refractivity contribution in [3.8, 4) is 0 Å². The van der Waals surface area contributed by atoms with Crippen LogP contribution in [0.5, 0.6) is 0 Å². The van der Waals surface area contributed by atoms with E-state index >= 15 is 0 Å². The second-order valence-corrected chi connectivity index (χ2v) is 5.43. The third kappa shape index (κ3) is 4.40. The van der Waals surface area contributed by atoms with E-state index in [-0.39, 0.29) is 17.8 Å². The number of carbonyl (C=O) groups excluding carboxylic acids is 1. The highest BCUT2D eigenvalue weighted by Crippen LogP contribution is 2.27. The summed E-state index contributed by atoms with van der Waals surface area (Å²) >= 11 is 0. The average Bonchev–Trinajstić information content (AvgIpc) is 2.44. The van der Waals surface area contributed by atoms with Crippen LogP contribution in [0.25, 0.3) is 0 Å². The monoisotopic (exact) mass is 269 g/mol. The molecule has 110 valence electrons. The molecule has 19 heavy (non-hydrogen) atoms. The van der Waals surface area contributed by atoms with Gasteiger partial charge in [0.1, 0.15) is 0 Å². The zero-order chi connectivity index (χ0) is 14.3. The molecular weight excluding hydrogens is 242 g/mol. The number of nitrogens with zero attached hydrogens (tertiary/aromatic N) is 1. The Kier molecular flexibility index (Phi) is 6.67. The Labute approximate surface area is 115 Å². The summed E-state index contributed by atoms with van der Waals surface area (Å²) in [5.74, 6) is -0.0209. The van der Waals surface area contributed by atoms with Crippen molar-refractivity contribution < 1.29 is 10.0 Å². The Bertz CT molecular complexity index is 318. The highest BCUT2D eigenvalue weighted by molar-refractivity contribution is 6.02. The van der Waals surface area contributed by atoms with E-state index < -0.39 is 5.92 Å². The highest BCUT2D eigenvalue weighted by Gasteiger charge is 2.29. The molecule has 0 aromatic rings. The van der Waals surface area contributed by atoms with Crippen LogP contribution >= 0.6 is 0 Å². The lowest BCUT2D eigenvalue weighted by molar-refractivity contribution is -0.124. The summed E-state index contributed by atoms with van der Waals surface area (Å²) < 4.78 is 0. The minimum Gasteiger partial charge on any atom is -0.409 e. The maximum atomic E-state index is 12.3. The van der Waals surface area contributed by atoms with E-state index in [1.165, 1.54) is 19.3 Å². The Morgan fingerprint density at radius 2 is 2.11 bits per heavy atom. The van der Waals surface area contributed by atoms with Gasteiger partial charge in [-0.3, -0.25) is 4.79 Å². The van der Waals surface area contributed by atoms with Crippen molar-refractivity contribution in [2.45, 2.75) is 64.8 Å². The quantitative estimate of drug-likeness (QED) is 0.299. The van der Waals surface area contributed by atoms with Gasteiger partial charge in [0.2, 0.25) is 5.91 Å². The van der Waals surface area contributed by atoms with Gasteiger partial charge in [0.15, 0.2) is 5.84 Å². The van der Waals surface area contributed by atoms with E-state index in [0.717, 1.165) is 19.3 Å². The number of nitrogens with two attached hydrogens (primary N) is 1. The van der Waals surface area contributed by atoms with Gasteiger partial charge in [-0.1, -0.05) is 44.7 Å². The summed E-state index contributed by atoms with van der Waals surface area (Å²) in [5, 5.41) is 14.9. The van der Waals surface area contributed by atoms with Crippen LogP contribution in [-0.2, 0) is 4.79 Å². The molecule has 0 aromatic carbocycles. The first-order chi connectivity index (χ1) is 9.13. The SMILES string of the molecule is CCCC(C(=O)NC1CCCCC1CC)C(N)=NO. The fraction of sp³-hybridized carbons (Fsp3) is 0.857. The number of carbonyl (C=O) groups is 1. The highest BCUT2D eigenvalue weighted by atomic mass is 16.4. The van der Waals surface area contributed by atoms with Crippen LogP contribution < -0.4 is 11.1 Å². The molecule has 1 rings (SSSR count). The fourth-order valence-electron chi connectivity index (χ4n) is 2.94. The molecule has 1 aliphatic carbocycles. The molecule has 1 aliphatic rings. The number of hydrogen-bond donors (Lipinski definition) is 3. The smallest absolute Gasteiger partial charge is 0.231 e. The molecule has 0 radical (unpaired) electrons. The molecule has 5 heteroatoms. The molecule has 3 atom stereocenters. The molecule has 1 fully saturated rings. The number of hydrogen-bond acceptors (Lipinski definition) is 3. The third-order valence-electron chi connectivity index (χ3n) is 4.13. The number of amides is 1. The first-order valence-electron chi connectivity index (χ1n) is 7.41. The van der Waals surface area contributed by atoms with Crippen LogP contribution in [0.1, 0.15) is 58.8 Å². The van der Waals surface area contributed by atoms with Crippen molar-refractivity contribution in [1.82, 2.24) is 5.32 Å². The maximum absolute atomic E-state index is 12.3. The maximum Gasteiger partial charge on any atom is 0.231 e. The topological polar surface area (TPSA) is 87.7 Å². The summed E-state index contributed by atoms with van der Waals surface area (Å²) in [5.41, 5.74) is 5.62. The number of nitrogens with one attached hydrogen (secondary N) is 1. The van der Waals surface area contributed by atoms with Crippen LogP contribution in [0.2, 0.25) is 0 Å². The Morgan fingerprint density at radius 1 is 1.42 bits per heavy atom. The van der Waals surface area contributed by atoms with Crippen molar-refractivity contribution in [2.75, 3.05) is 0 Å². The van der Waals surface area contributed by atoms with Crippen LogP contribution in [0.15, 0.2) is 5.16 Å². The van der Waals surface area contributed by atoms with Crippen molar-refractivity contribution in [3.63, 3.8) is 0 Å². The predicted octanol–water partition coefficient (Wildman–Crippen LogP) is 2.23. The molecule has 0 saturated heterocycles. The van der Waals surface area contributed by atoms with Crippen molar-refractivity contribution in [2.24, 2.45) is 22.7 Å². The molecule has 0 spiro atoms. The van der Waals surface area contributed by atoms with Gasteiger partial charge >= 0.3 is 0 Å². The van der Waals surface area contributed by atoms with Gasteiger partial charge in [-0.2, -0.15) is 0 Å². The van der Waals surface area contributed by atoms with Gasteiger partial charge < -0.3 is 16.3 Å². The van der Waals surface area contributed by atoms with Gasteiger partial charge in [-0.25, -0.2) is 0 Å². The summed E-state index contributed by atoms with van der Waals surface area (Å²) in [7, 11) is 0. The van der Waals surface area contributed by atoms with E-state index in [1.807, 2.05) is 6.92 Å². The Balaban J connectivity index is 2.64. The Morgan fingerprint density at radius 3 is 2.68 bits per heavy atom. The van der Waals surface area contributed by atoms with Gasteiger partial charge in [-0.05, 0) is 25.2 Å². The number of amidine groups is 1. The van der Waals surface area contributed by atoms with Crippen molar-refractivity contribution in [3.05, 3.63) is 0 Å². The summed E-state index contributed by atoms with van der Waals surface area (Å²) in [6.45, 7) is 4.16. The molecule has 4 N–H and O–H groups in total. The first kappa shape index (κ1) is 15.8. The molecule has 0 bridgehead atoms. The summed E-state index contributed by atoms with van der Waals surface area (Å²) in [6.07, 6.45) is 7.18. The van der Waals surface area contributed by atoms with Gasteiger partial charge in [0.25, 0.3) is 0 Å². The zero-order valence-electron chi connectivity index (χ0n) is 12.1. The molecule has 1 saturated carbocycles. The predicted molar refractivity (Wildman–Crippen MR) is 76.0 cm³/mol. The van der Waals surface area contributed by atoms with Crippen molar-refractivity contribution in [1.29, 1.82) is 0 Å². The second-order valence-electron chi connectivity index (χ2n) is 5.43. The largest absolute Gasteiger partial charge is 0.409 e. The molecule has 0 aromatic heterocycles. The average molecular weight is 269 g/mol. The second kappa shape index (κ2) is 8.02. The lowest BCUT2D eigenvalue weighted by Gasteiger charge is -2.32. The minimum absolute atomic E-state index is 0.0169. The van der Waals surface area contributed by atoms with Gasteiger partial charge in [-0.15, -0.1) is 0 Å². The van der Waals surface area contributed by atoms with Gasteiger partial charge in [0, 0.05) is 6.04 Å². The zero-order valence-corrected chi connectivity index (χ0v) is 12.1. The van der Waals surface area contributed by atoms with Crippen LogP contribution in [0.4, 0.5) is 0 Å². The molecular formula is C14H27N3O2. The molecule has 1 amide bonds. The summed E-state index contributed by atoms with van der Waals surface area (Å²) in [6, 6.07) is 0.247. The standard InChI is InChI=1S/C14H27N3O2/c1-3-7-11(13(15)17-19)14(18)16-12-9-6-5-8-10(12)4-2/h10-12,19H,3-9H2,1-2H3,(H2,15,17)(H,16,18). The molecule has 0 aliphatic heterocycles. The molecule has 5 nitrogen and oxygen atoms in total. The van der Waals surface area contributed by atoms with E-state index in [0.29, 0.717) is 12.3 Å². The molecule has 3 unspecified atom stereocenters. The third-order valence-corrected chi connectivity index (χ3v) is 4.13. The van der Waals surface area contributed by atoms with Crippen LogP contribution in [0, 0.1) is 11.8 Å². The summed E-state index contributed by atoms with van der Waals surface area (Å²) in [4.78, 5) is 12.3. The number of oxime groups is 1. The minimum atomic E-state index is -0.505. The first-order valence-corrected chi connectivity index (χ1v) is 7.41. The Hall–Kier alpha value is -1.26. The number of rotatable bonds is 6. The van der Waals surface area contributed by atoms with E-state index in [9.17, 15) is 4.79 Å². The van der Waals surface area contributed by atoms with E-state index in [2.05, 4.69) is 17.4 Å². The van der Waals surface area contributed by atoms with E-state index in [4.69, 9.17) is 10.9 Å². The fourth-order valence-corrected chi connectivity index (χ4v) is 2.94. The van der Waals surface area contributed by atoms with E-state index in [1.54, 1.807) is 0 Å². The molecule has 0 heterocycles. The lowest BCUT2D eigenvalue weighted by Crippen LogP contribution is -2.47. The van der Waals surface area contributed by atoms with Crippen LogP contribution in [0.3, 0.4) is 0 Å². The van der Waals surface area contributed by atoms with Crippen LogP contribution in [-0.4, -0.2) is 23.0 Å². The van der Waals surface area contributed by atoms with Crippen molar-refractivity contribution >= 4 is 11.7 Å².